The number of anilines is 1. The Labute approximate surface area is 170 Å². The number of benzene rings is 2. The van der Waals surface area contributed by atoms with E-state index in [1.54, 1.807) is 18.0 Å². The van der Waals surface area contributed by atoms with E-state index in [2.05, 4.69) is 21.6 Å². The number of hydrogen-bond donors (Lipinski definition) is 2. The fraction of sp³-hybridized carbons (Fsp3) is 0.227. The molecule has 0 fully saturated rings. The third-order valence-corrected chi connectivity index (χ3v) is 5.33. The van der Waals surface area contributed by atoms with Crippen LogP contribution in [0.3, 0.4) is 0 Å². The van der Waals surface area contributed by atoms with Gasteiger partial charge in [-0.25, -0.2) is 0 Å². The number of H-pyrrole nitrogens is 1. The van der Waals surface area contributed by atoms with Gasteiger partial charge >= 0.3 is 0 Å². The maximum atomic E-state index is 12.9. The van der Waals surface area contributed by atoms with Gasteiger partial charge in [-0.3, -0.25) is 14.7 Å². The standard InChI is InChI=1S/C22H23BN4O2/c1-27-20-10-8-16(23)12-15(20)7-9-18(22(27)29)24-21(28)19-13-17(25-26-19)11-14-5-3-2-4-6-14/h2-6,8,10,12-13,18H,7,9,11,23H2,1H3,(H,24,28)(H,25,26)/t18-/m1/s1. The van der Waals surface area contributed by atoms with Gasteiger partial charge in [0.25, 0.3) is 5.91 Å². The first-order chi connectivity index (χ1) is 14.0. The van der Waals surface area contributed by atoms with Crippen molar-refractivity contribution in [3.8, 4) is 0 Å². The first-order valence-corrected chi connectivity index (χ1v) is 9.77. The molecule has 29 heavy (non-hydrogen) atoms. The van der Waals surface area contributed by atoms with E-state index in [-0.39, 0.29) is 11.8 Å². The number of hydrogen-bond acceptors (Lipinski definition) is 3. The molecule has 3 aromatic rings. The van der Waals surface area contributed by atoms with Crippen LogP contribution < -0.4 is 15.7 Å². The Morgan fingerprint density at radius 2 is 2.03 bits per heavy atom. The van der Waals surface area contributed by atoms with Crippen LogP contribution in [0.4, 0.5) is 5.69 Å². The Morgan fingerprint density at radius 1 is 1.24 bits per heavy atom. The minimum absolute atomic E-state index is 0.110. The summed E-state index contributed by atoms with van der Waals surface area (Å²) in [5.41, 5.74) is 5.48. The number of aryl methyl sites for hydroxylation is 1. The van der Waals surface area contributed by atoms with Gasteiger partial charge < -0.3 is 10.2 Å². The number of likely N-dealkylation sites (N-methyl/N-ethyl adjacent to an activating group) is 1. The molecule has 1 atom stereocenters. The highest BCUT2D eigenvalue weighted by Gasteiger charge is 2.30. The quantitative estimate of drug-likeness (QED) is 0.656. The minimum Gasteiger partial charge on any atom is -0.339 e. The molecule has 0 radical (unpaired) electrons. The van der Waals surface area contributed by atoms with Gasteiger partial charge in [0.2, 0.25) is 5.91 Å². The first-order valence-electron chi connectivity index (χ1n) is 9.77. The molecular formula is C22H23BN4O2. The molecule has 0 spiro atoms. The average molecular weight is 386 g/mol. The van der Waals surface area contributed by atoms with Crippen molar-refractivity contribution in [1.82, 2.24) is 15.5 Å². The van der Waals surface area contributed by atoms with Gasteiger partial charge in [0, 0.05) is 24.8 Å². The van der Waals surface area contributed by atoms with E-state index >= 15 is 0 Å². The number of fused-ring (bicyclic) bond motifs is 1. The summed E-state index contributed by atoms with van der Waals surface area (Å²) in [6, 6.07) is 17.2. The van der Waals surface area contributed by atoms with Gasteiger partial charge in [0.15, 0.2) is 0 Å². The van der Waals surface area contributed by atoms with E-state index in [0.29, 0.717) is 18.5 Å². The SMILES string of the molecule is Bc1ccc2c(c1)CC[C@@H](NC(=O)c1cc(Cc3ccccc3)[nH]n1)C(=O)N2C. The highest BCUT2D eigenvalue weighted by molar-refractivity contribution is 6.32. The van der Waals surface area contributed by atoms with Gasteiger partial charge in [0.05, 0.1) is 0 Å². The monoisotopic (exact) mass is 386 g/mol. The van der Waals surface area contributed by atoms with Gasteiger partial charge in [-0.1, -0.05) is 47.9 Å². The number of nitrogens with zero attached hydrogens (tertiary/aromatic N) is 2. The molecule has 1 aliphatic rings. The molecule has 6 nitrogen and oxygen atoms in total. The summed E-state index contributed by atoms with van der Waals surface area (Å²) in [7, 11) is 3.80. The van der Waals surface area contributed by atoms with E-state index in [1.807, 2.05) is 50.3 Å². The summed E-state index contributed by atoms with van der Waals surface area (Å²) >= 11 is 0. The average Bonchev–Trinajstić information content (AvgIpc) is 3.15. The Hall–Kier alpha value is -3.35. The van der Waals surface area contributed by atoms with Crippen LogP contribution in [0.5, 0.6) is 0 Å². The molecule has 0 saturated heterocycles. The molecule has 2 N–H and O–H groups in total. The van der Waals surface area contributed by atoms with Crippen molar-refractivity contribution >= 4 is 30.8 Å². The van der Waals surface area contributed by atoms with Crippen LogP contribution in [0.15, 0.2) is 54.6 Å². The Morgan fingerprint density at radius 3 is 2.83 bits per heavy atom. The van der Waals surface area contributed by atoms with Gasteiger partial charge in [-0.15, -0.1) is 0 Å². The van der Waals surface area contributed by atoms with Gasteiger partial charge in [0.1, 0.15) is 19.6 Å². The number of nitrogens with one attached hydrogen (secondary N) is 2. The Balaban J connectivity index is 1.45. The van der Waals surface area contributed by atoms with Crippen molar-refractivity contribution < 1.29 is 9.59 Å². The normalized spacial score (nSPS) is 16.2. The van der Waals surface area contributed by atoms with Crippen LogP contribution in [0, 0.1) is 0 Å². The summed E-state index contributed by atoms with van der Waals surface area (Å²) in [6.45, 7) is 0. The smallest absolute Gasteiger partial charge is 0.272 e. The number of carbonyl (C=O) groups is 2. The van der Waals surface area contributed by atoms with Gasteiger partial charge in [-0.2, -0.15) is 5.10 Å². The topological polar surface area (TPSA) is 78.1 Å². The largest absolute Gasteiger partial charge is 0.339 e. The molecule has 2 heterocycles. The zero-order chi connectivity index (χ0) is 20.4. The molecule has 2 aromatic carbocycles. The number of carbonyl (C=O) groups excluding carboxylic acids is 2. The van der Waals surface area contributed by atoms with E-state index in [4.69, 9.17) is 0 Å². The maximum absolute atomic E-state index is 12.9. The lowest BCUT2D eigenvalue weighted by Crippen LogP contribution is -2.46. The third-order valence-electron chi connectivity index (χ3n) is 5.33. The molecule has 0 aliphatic carbocycles. The highest BCUT2D eigenvalue weighted by Crippen LogP contribution is 2.25. The molecule has 7 heteroatoms. The van der Waals surface area contributed by atoms with E-state index in [1.165, 1.54) is 0 Å². The molecule has 0 saturated carbocycles. The van der Waals surface area contributed by atoms with Crippen molar-refractivity contribution in [2.75, 3.05) is 11.9 Å². The predicted molar refractivity (Wildman–Crippen MR) is 115 cm³/mol. The second-order valence-corrected chi connectivity index (χ2v) is 7.53. The maximum Gasteiger partial charge on any atom is 0.272 e. The van der Waals surface area contributed by atoms with Crippen molar-refractivity contribution in [2.45, 2.75) is 25.3 Å². The van der Waals surface area contributed by atoms with Crippen LogP contribution >= 0.6 is 0 Å². The summed E-state index contributed by atoms with van der Waals surface area (Å²) in [5, 5.41) is 9.92. The Bertz CT molecular complexity index is 1050. The predicted octanol–water partition coefficient (Wildman–Crippen LogP) is 0.966. The lowest BCUT2D eigenvalue weighted by Gasteiger charge is -2.22. The van der Waals surface area contributed by atoms with Gasteiger partial charge in [-0.05, 0) is 36.1 Å². The van der Waals surface area contributed by atoms with Crippen molar-refractivity contribution in [3.63, 3.8) is 0 Å². The zero-order valence-electron chi connectivity index (χ0n) is 16.6. The summed E-state index contributed by atoms with van der Waals surface area (Å²) in [6.07, 6.45) is 1.96. The van der Waals surface area contributed by atoms with Crippen LogP contribution in [-0.2, 0) is 17.6 Å². The van der Waals surface area contributed by atoms with E-state index in [9.17, 15) is 9.59 Å². The molecule has 0 unspecified atom stereocenters. The van der Waals surface area contributed by atoms with E-state index < -0.39 is 6.04 Å². The third kappa shape index (κ3) is 4.09. The number of amides is 2. The fourth-order valence-corrected chi connectivity index (χ4v) is 3.77. The number of rotatable bonds is 4. The summed E-state index contributed by atoms with van der Waals surface area (Å²) < 4.78 is 0. The Kier molecular flexibility index (Phi) is 5.21. The molecular weight excluding hydrogens is 363 g/mol. The molecule has 0 bridgehead atoms. The van der Waals surface area contributed by atoms with Crippen molar-refractivity contribution in [2.24, 2.45) is 0 Å². The van der Waals surface area contributed by atoms with Crippen LogP contribution in [-0.4, -0.2) is 42.9 Å². The zero-order valence-corrected chi connectivity index (χ0v) is 16.6. The molecule has 1 aromatic heterocycles. The van der Waals surface area contributed by atoms with Crippen LogP contribution in [0.2, 0.25) is 0 Å². The van der Waals surface area contributed by atoms with Crippen LogP contribution in [0.25, 0.3) is 0 Å². The highest BCUT2D eigenvalue weighted by atomic mass is 16.2. The summed E-state index contributed by atoms with van der Waals surface area (Å²) in [4.78, 5) is 27.2. The number of aromatic amines is 1. The molecule has 2 amide bonds. The van der Waals surface area contributed by atoms with Crippen LogP contribution in [0.1, 0.15) is 33.7 Å². The first kappa shape index (κ1) is 19.0. The number of aromatic nitrogens is 2. The lowest BCUT2D eigenvalue weighted by atomic mass is 9.92. The summed E-state index contributed by atoms with van der Waals surface area (Å²) in [5.74, 6) is -0.449. The lowest BCUT2D eigenvalue weighted by molar-refractivity contribution is -0.120. The van der Waals surface area contributed by atoms with Crippen molar-refractivity contribution in [3.05, 3.63) is 77.1 Å². The molecule has 1 aliphatic heterocycles. The molecule has 146 valence electrons. The second-order valence-electron chi connectivity index (χ2n) is 7.53. The second kappa shape index (κ2) is 7.95. The van der Waals surface area contributed by atoms with Crippen molar-refractivity contribution in [1.29, 1.82) is 0 Å². The fourth-order valence-electron chi connectivity index (χ4n) is 3.77. The van der Waals surface area contributed by atoms with E-state index in [0.717, 1.165) is 34.4 Å². The molecule has 4 rings (SSSR count). The minimum atomic E-state index is -0.575.